The molecule has 1 aromatic rings. The van der Waals surface area contributed by atoms with Gasteiger partial charge in [0.2, 0.25) is 0 Å². The number of fused-ring (bicyclic) bond motifs is 1. The quantitative estimate of drug-likeness (QED) is 0.797. The molecule has 2 atom stereocenters. The summed E-state index contributed by atoms with van der Waals surface area (Å²) in [7, 11) is 0. The Morgan fingerprint density at radius 3 is 2.86 bits per heavy atom. The molecule has 0 spiro atoms. The van der Waals surface area contributed by atoms with Crippen molar-refractivity contribution < 1.29 is 9.53 Å². The number of carbonyl (C=O) groups excluding carboxylic acids is 1. The minimum Gasteiger partial charge on any atom is -0.444 e. The van der Waals surface area contributed by atoms with Crippen molar-refractivity contribution in [3.8, 4) is 0 Å². The number of hydrogen-bond donors (Lipinski definition) is 0. The van der Waals surface area contributed by atoms with Crippen molar-refractivity contribution in [2.45, 2.75) is 38.8 Å². The SMILES string of the molecule is CC(C)(C)OC(=O)N1C[C@H]2CCN(c3cccnc3)[C@H]2C1. The molecule has 1 aromatic heterocycles. The highest BCUT2D eigenvalue weighted by atomic mass is 16.6. The molecule has 2 aliphatic heterocycles. The number of likely N-dealkylation sites (tertiary alicyclic amines) is 1. The lowest BCUT2D eigenvalue weighted by Crippen LogP contribution is -2.39. The van der Waals surface area contributed by atoms with Crippen molar-refractivity contribution >= 4 is 11.8 Å². The van der Waals surface area contributed by atoms with E-state index in [1.807, 2.05) is 37.9 Å². The Bertz CT molecular complexity index is 512. The summed E-state index contributed by atoms with van der Waals surface area (Å²) in [5, 5.41) is 0. The van der Waals surface area contributed by atoms with E-state index in [2.05, 4.69) is 16.0 Å². The second-order valence-electron chi connectivity index (χ2n) is 6.91. The van der Waals surface area contributed by atoms with Crippen LogP contribution in [0.4, 0.5) is 10.5 Å². The molecule has 5 heteroatoms. The molecule has 2 fully saturated rings. The number of aromatic nitrogens is 1. The van der Waals surface area contributed by atoms with Gasteiger partial charge in [0.05, 0.1) is 17.9 Å². The van der Waals surface area contributed by atoms with E-state index < -0.39 is 5.60 Å². The van der Waals surface area contributed by atoms with Crippen LogP contribution in [-0.2, 0) is 4.74 Å². The monoisotopic (exact) mass is 289 g/mol. The molecule has 1 amide bonds. The molecular weight excluding hydrogens is 266 g/mol. The smallest absolute Gasteiger partial charge is 0.410 e. The lowest BCUT2D eigenvalue weighted by atomic mass is 10.1. The number of hydrogen-bond acceptors (Lipinski definition) is 4. The first-order chi connectivity index (χ1) is 9.94. The van der Waals surface area contributed by atoms with E-state index in [4.69, 9.17) is 4.74 Å². The zero-order chi connectivity index (χ0) is 15.0. The third-order valence-corrected chi connectivity index (χ3v) is 4.18. The van der Waals surface area contributed by atoms with Crippen molar-refractivity contribution in [1.29, 1.82) is 0 Å². The van der Waals surface area contributed by atoms with Crippen LogP contribution in [0.1, 0.15) is 27.2 Å². The number of pyridine rings is 1. The van der Waals surface area contributed by atoms with Crippen molar-refractivity contribution in [3.63, 3.8) is 0 Å². The summed E-state index contributed by atoms with van der Waals surface area (Å²) in [6, 6.07) is 4.44. The van der Waals surface area contributed by atoms with Gasteiger partial charge in [-0.15, -0.1) is 0 Å². The fraction of sp³-hybridized carbons (Fsp3) is 0.625. The molecule has 0 saturated carbocycles. The highest BCUT2D eigenvalue weighted by Crippen LogP contribution is 2.35. The van der Waals surface area contributed by atoms with Crippen LogP contribution in [0.15, 0.2) is 24.5 Å². The molecule has 0 N–H and O–H groups in total. The minimum atomic E-state index is -0.433. The minimum absolute atomic E-state index is 0.192. The molecule has 5 nitrogen and oxygen atoms in total. The Kier molecular flexibility index (Phi) is 3.51. The topological polar surface area (TPSA) is 45.7 Å². The molecule has 0 radical (unpaired) electrons. The molecule has 3 heterocycles. The average Bonchev–Trinajstić information content (AvgIpc) is 2.97. The van der Waals surface area contributed by atoms with Crippen LogP contribution in [-0.4, -0.2) is 47.3 Å². The van der Waals surface area contributed by atoms with Gasteiger partial charge in [-0.3, -0.25) is 4.98 Å². The standard InChI is InChI=1S/C16H23N3O2/c1-16(2,3)21-15(20)18-10-12-6-8-19(14(12)11-18)13-5-4-7-17-9-13/h4-5,7,9,12,14H,6,8,10-11H2,1-3H3/t12-,14+/m1/s1. The van der Waals surface area contributed by atoms with Crippen molar-refractivity contribution in [3.05, 3.63) is 24.5 Å². The second-order valence-corrected chi connectivity index (χ2v) is 6.91. The zero-order valence-electron chi connectivity index (χ0n) is 13.0. The molecular formula is C16H23N3O2. The maximum absolute atomic E-state index is 12.2. The van der Waals surface area contributed by atoms with Gasteiger partial charge in [0.1, 0.15) is 5.60 Å². The fourth-order valence-electron chi connectivity index (χ4n) is 3.28. The van der Waals surface area contributed by atoms with Gasteiger partial charge in [0.25, 0.3) is 0 Å². The molecule has 3 rings (SSSR count). The predicted molar refractivity (Wildman–Crippen MR) is 81.3 cm³/mol. The molecule has 2 saturated heterocycles. The van der Waals surface area contributed by atoms with Crippen molar-refractivity contribution in [2.24, 2.45) is 5.92 Å². The molecule has 0 aromatic carbocycles. The second kappa shape index (κ2) is 5.20. The van der Waals surface area contributed by atoms with Crippen LogP contribution in [0.5, 0.6) is 0 Å². The van der Waals surface area contributed by atoms with Gasteiger partial charge in [-0.25, -0.2) is 4.79 Å². The van der Waals surface area contributed by atoms with Crippen molar-refractivity contribution in [1.82, 2.24) is 9.88 Å². The maximum Gasteiger partial charge on any atom is 0.410 e. The van der Waals surface area contributed by atoms with Gasteiger partial charge in [-0.1, -0.05) is 0 Å². The van der Waals surface area contributed by atoms with E-state index in [9.17, 15) is 4.79 Å². The summed E-state index contributed by atoms with van der Waals surface area (Å²) in [5.41, 5.74) is 0.716. The molecule has 0 unspecified atom stereocenters. The lowest BCUT2D eigenvalue weighted by Gasteiger charge is -2.28. The number of nitrogens with zero attached hydrogens (tertiary/aromatic N) is 3. The van der Waals surface area contributed by atoms with Gasteiger partial charge in [-0.2, -0.15) is 0 Å². The number of carbonyl (C=O) groups is 1. The van der Waals surface area contributed by atoms with Crippen LogP contribution in [0, 0.1) is 5.92 Å². The summed E-state index contributed by atoms with van der Waals surface area (Å²) in [6.07, 6.45) is 4.62. The van der Waals surface area contributed by atoms with E-state index in [0.29, 0.717) is 12.0 Å². The first kappa shape index (κ1) is 14.2. The summed E-state index contributed by atoms with van der Waals surface area (Å²) in [4.78, 5) is 20.6. The van der Waals surface area contributed by atoms with E-state index in [1.165, 1.54) is 0 Å². The number of rotatable bonds is 1. The maximum atomic E-state index is 12.2. The highest BCUT2D eigenvalue weighted by Gasteiger charge is 2.43. The predicted octanol–water partition coefficient (Wildman–Crippen LogP) is 2.53. The first-order valence-corrected chi connectivity index (χ1v) is 7.58. The van der Waals surface area contributed by atoms with E-state index in [0.717, 1.165) is 31.7 Å². The van der Waals surface area contributed by atoms with Crippen LogP contribution >= 0.6 is 0 Å². The van der Waals surface area contributed by atoms with Crippen LogP contribution in [0.3, 0.4) is 0 Å². The largest absolute Gasteiger partial charge is 0.444 e. The highest BCUT2D eigenvalue weighted by molar-refractivity contribution is 5.69. The number of anilines is 1. The summed E-state index contributed by atoms with van der Waals surface area (Å²) < 4.78 is 5.48. The molecule has 0 aliphatic carbocycles. The van der Waals surface area contributed by atoms with Gasteiger partial charge >= 0.3 is 6.09 Å². The molecule has 114 valence electrons. The Labute approximate surface area is 125 Å². The average molecular weight is 289 g/mol. The summed E-state index contributed by atoms with van der Waals surface area (Å²) in [6.45, 7) is 8.31. The lowest BCUT2D eigenvalue weighted by molar-refractivity contribution is 0.0284. The molecule has 0 bridgehead atoms. The Morgan fingerprint density at radius 1 is 1.38 bits per heavy atom. The number of amides is 1. The van der Waals surface area contributed by atoms with Crippen LogP contribution in [0.2, 0.25) is 0 Å². The van der Waals surface area contributed by atoms with E-state index in [1.54, 1.807) is 6.20 Å². The van der Waals surface area contributed by atoms with Gasteiger partial charge < -0.3 is 14.5 Å². The van der Waals surface area contributed by atoms with Crippen molar-refractivity contribution in [2.75, 3.05) is 24.5 Å². The third kappa shape index (κ3) is 2.96. The Balaban J connectivity index is 1.68. The van der Waals surface area contributed by atoms with Gasteiger partial charge in [0, 0.05) is 31.7 Å². The van der Waals surface area contributed by atoms with E-state index in [-0.39, 0.29) is 6.09 Å². The van der Waals surface area contributed by atoms with Gasteiger partial charge in [-0.05, 0) is 39.3 Å². The molecule has 21 heavy (non-hydrogen) atoms. The Hall–Kier alpha value is -1.78. The van der Waals surface area contributed by atoms with Crippen LogP contribution < -0.4 is 4.90 Å². The number of ether oxygens (including phenoxy) is 1. The third-order valence-electron chi connectivity index (χ3n) is 4.18. The molecule has 2 aliphatic rings. The van der Waals surface area contributed by atoms with E-state index >= 15 is 0 Å². The normalized spacial score (nSPS) is 25.1. The summed E-state index contributed by atoms with van der Waals surface area (Å²) in [5.74, 6) is 0.540. The fourth-order valence-corrected chi connectivity index (χ4v) is 3.28. The van der Waals surface area contributed by atoms with Crippen LogP contribution in [0.25, 0.3) is 0 Å². The Morgan fingerprint density at radius 2 is 2.19 bits per heavy atom. The first-order valence-electron chi connectivity index (χ1n) is 7.58. The zero-order valence-corrected chi connectivity index (χ0v) is 13.0. The van der Waals surface area contributed by atoms with Gasteiger partial charge in [0.15, 0.2) is 0 Å². The summed E-state index contributed by atoms with van der Waals surface area (Å²) >= 11 is 0.